The zero-order valence-corrected chi connectivity index (χ0v) is 13.5. The molecule has 126 valence electrons. The SMILES string of the molecule is N#Cc1cccc(-c2cc(-c3cn(Cc4cn[nH]c4)nn3)nc(N)n2)c1. The molecule has 0 saturated heterocycles. The molecule has 0 aliphatic heterocycles. The van der Waals surface area contributed by atoms with Gasteiger partial charge in [-0.15, -0.1) is 5.10 Å². The third-order valence-electron chi connectivity index (χ3n) is 3.73. The number of benzene rings is 1. The molecule has 4 aromatic rings. The van der Waals surface area contributed by atoms with E-state index in [1.165, 1.54) is 0 Å². The molecule has 9 nitrogen and oxygen atoms in total. The number of aromatic amines is 1. The van der Waals surface area contributed by atoms with Crippen LogP contribution in [-0.4, -0.2) is 35.2 Å². The lowest BCUT2D eigenvalue weighted by Crippen LogP contribution is -1.99. The van der Waals surface area contributed by atoms with Crippen LogP contribution in [0.5, 0.6) is 0 Å². The number of nitrogens with two attached hydrogens (primary N) is 1. The van der Waals surface area contributed by atoms with Gasteiger partial charge in [-0.05, 0) is 18.2 Å². The highest BCUT2D eigenvalue weighted by Crippen LogP contribution is 2.24. The minimum Gasteiger partial charge on any atom is -0.368 e. The summed E-state index contributed by atoms with van der Waals surface area (Å²) in [5.74, 6) is 0.129. The van der Waals surface area contributed by atoms with Gasteiger partial charge in [-0.2, -0.15) is 10.4 Å². The maximum Gasteiger partial charge on any atom is 0.221 e. The van der Waals surface area contributed by atoms with Gasteiger partial charge < -0.3 is 5.73 Å². The fourth-order valence-corrected chi connectivity index (χ4v) is 2.54. The van der Waals surface area contributed by atoms with Crippen LogP contribution in [0, 0.1) is 11.3 Å². The monoisotopic (exact) mass is 343 g/mol. The number of H-pyrrole nitrogens is 1. The molecule has 0 amide bonds. The molecule has 0 spiro atoms. The predicted molar refractivity (Wildman–Crippen MR) is 93.3 cm³/mol. The molecule has 0 radical (unpaired) electrons. The summed E-state index contributed by atoms with van der Waals surface area (Å²) >= 11 is 0. The van der Waals surface area contributed by atoms with Gasteiger partial charge in [-0.25, -0.2) is 14.6 Å². The molecule has 1 aromatic carbocycles. The number of hydrogen-bond acceptors (Lipinski definition) is 7. The van der Waals surface area contributed by atoms with Crippen molar-refractivity contribution in [2.24, 2.45) is 0 Å². The first kappa shape index (κ1) is 15.5. The smallest absolute Gasteiger partial charge is 0.221 e. The Morgan fingerprint density at radius 1 is 1.15 bits per heavy atom. The summed E-state index contributed by atoms with van der Waals surface area (Å²) in [5.41, 5.74) is 9.95. The number of nitrogens with zero attached hydrogens (tertiary/aromatic N) is 7. The molecular formula is C17H13N9. The Morgan fingerprint density at radius 2 is 2.04 bits per heavy atom. The van der Waals surface area contributed by atoms with E-state index in [0.717, 1.165) is 11.1 Å². The Bertz CT molecular complexity index is 1090. The second-order valence-corrected chi connectivity index (χ2v) is 5.60. The number of rotatable bonds is 4. The van der Waals surface area contributed by atoms with Crippen molar-refractivity contribution < 1.29 is 0 Å². The fourth-order valence-electron chi connectivity index (χ4n) is 2.54. The summed E-state index contributed by atoms with van der Waals surface area (Å²) in [5, 5.41) is 24.0. The van der Waals surface area contributed by atoms with Gasteiger partial charge in [0.2, 0.25) is 5.95 Å². The summed E-state index contributed by atoms with van der Waals surface area (Å²) in [6, 6.07) is 11.0. The molecule has 3 aromatic heterocycles. The van der Waals surface area contributed by atoms with Gasteiger partial charge in [-0.1, -0.05) is 17.3 Å². The van der Waals surface area contributed by atoms with Gasteiger partial charge >= 0.3 is 0 Å². The molecule has 9 heteroatoms. The molecule has 0 saturated carbocycles. The molecule has 3 heterocycles. The van der Waals surface area contributed by atoms with Crippen molar-refractivity contribution in [1.29, 1.82) is 5.26 Å². The Hall–Kier alpha value is -4.06. The molecule has 26 heavy (non-hydrogen) atoms. The van der Waals surface area contributed by atoms with Gasteiger partial charge in [-0.3, -0.25) is 5.10 Å². The van der Waals surface area contributed by atoms with E-state index in [-0.39, 0.29) is 5.95 Å². The van der Waals surface area contributed by atoms with Crippen molar-refractivity contribution in [2.45, 2.75) is 6.54 Å². The number of aromatic nitrogens is 7. The van der Waals surface area contributed by atoms with E-state index in [4.69, 9.17) is 11.0 Å². The van der Waals surface area contributed by atoms with Gasteiger partial charge in [0.05, 0.1) is 42.0 Å². The number of hydrogen-bond donors (Lipinski definition) is 2. The van der Waals surface area contributed by atoms with Crippen LogP contribution in [0.4, 0.5) is 5.95 Å². The van der Waals surface area contributed by atoms with E-state index in [9.17, 15) is 0 Å². The fraction of sp³-hybridized carbons (Fsp3) is 0.0588. The van der Waals surface area contributed by atoms with Crippen LogP contribution in [0.2, 0.25) is 0 Å². The minimum absolute atomic E-state index is 0.129. The molecular weight excluding hydrogens is 330 g/mol. The first-order valence-corrected chi connectivity index (χ1v) is 7.74. The molecule has 0 unspecified atom stereocenters. The highest BCUT2D eigenvalue weighted by Gasteiger charge is 2.11. The van der Waals surface area contributed by atoms with E-state index < -0.39 is 0 Å². The highest BCUT2D eigenvalue weighted by molar-refractivity contribution is 5.68. The number of nitrogens with one attached hydrogen (secondary N) is 1. The van der Waals surface area contributed by atoms with Crippen molar-refractivity contribution >= 4 is 5.95 Å². The molecule has 0 aliphatic carbocycles. The lowest BCUT2D eigenvalue weighted by Gasteiger charge is -2.04. The molecule has 4 rings (SSSR count). The van der Waals surface area contributed by atoms with Crippen molar-refractivity contribution in [2.75, 3.05) is 5.73 Å². The Kier molecular flexibility index (Phi) is 3.83. The number of nitrogen functional groups attached to an aromatic ring is 1. The summed E-state index contributed by atoms with van der Waals surface area (Å²) in [4.78, 5) is 8.51. The average molecular weight is 343 g/mol. The molecule has 0 aliphatic rings. The first-order chi connectivity index (χ1) is 12.7. The quantitative estimate of drug-likeness (QED) is 0.575. The largest absolute Gasteiger partial charge is 0.368 e. The summed E-state index contributed by atoms with van der Waals surface area (Å²) < 4.78 is 1.69. The highest BCUT2D eigenvalue weighted by atomic mass is 15.4. The first-order valence-electron chi connectivity index (χ1n) is 7.74. The van der Waals surface area contributed by atoms with Crippen molar-refractivity contribution in [1.82, 2.24) is 35.2 Å². The number of nitriles is 1. The molecule has 0 atom stereocenters. The second-order valence-electron chi connectivity index (χ2n) is 5.60. The van der Waals surface area contributed by atoms with Crippen LogP contribution in [-0.2, 0) is 6.54 Å². The standard InChI is InChI=1S/C17H13N9/c18-6-11-2-1-3-13(4-11)14-5-15(23-17(19)22-14)16-10-26(25-24-16)9-12-7-20-21-8-12/h1-5,7-8,10H,9H2,(H,20,21)(H2,19,22,23). The number of anilines is 1. The summed E-state index contributed by atoms with van der Waals surface area (Å²) in [6.45, 7) is 0.543. The third-order valence-corrected chi connectivity index (χ3v) is 3.73. The van der Waals surface area contributed by atoms with Crippen molar-refractivity contribution in [3.8, 4) is 28.7 Å². The zero-order valence-electron chi connectivity index (χ0n) is 13.5. The summed E-state index contributed by atoms with van der Waals surface area (Å²) in [6.07, 6.45) is 5.30. The van der Waals surface area contributed by atoms with Crippen LogP contribution in [0.1, 0.15) is 11.1 Å². The van der Waals surface area contributed by atoms with Crippen molar-refractivity contribution in [3.05, 3.63) is 60.0 Å². The van der Waals surface area contributed by atoms with E-state index in [0.29, 0.717) is 29.2 Å². The van der Waals surface area contributed by atoms with Gasteiger partial charge in [0.25, 0.3) is 0 Å². The van der Waals surface area contributed by atoms with E-state index >= 15 is 0 Å². The van der Waals surface area contributed by atoms with Crippen LogP contribution in [0.15, 0.2) is 48.9 Å². The molecule has 0 fully saturated rings. The third kappa shape index (κ3) is 3.11. The normalized spacial score (nSPS) is 10.6. The van der Waals surface area contributed by atoms with Crippen molar-refractivity contribution in [3.63, 3.8) is 0 Å². The maximum atomic E-state index is 9.07. The Balaban J connectivity index is 1.68. The summed E-state index contributed by atoms with van der Waals surface area (Å²) in [7, 11) is 0. The van der Waals surface area contributed by atoms with Crippen LogP contribution < -0.4 is 5.73 Å². The van der Waals surface area contributed by atoms with E-state index in [1.807, 2.05) is 6.07 Å². The predicted octanol–water partition coefficient (Wildman–Crippen LogP) is 1.63. The molecule has 0 bridgehead atoms. The van der Waals surface area contributed by atoms with Gasteiger partial charge in [0.1, 0.15) is 5.69 Å². The molecule has 3 N–H and O–H groups in total. The minimum atomic E-state index is 0.129. The Morgan fingerprint density at radius 3 is 2.85 bits per heavy atom. The van der Waals surface area contributed by atoms with Crippen LogP contribution >= 0.6 is 0 Å². The average Bonchev–Trinajstić information content (AvgIpc) is 3.34. The lowest BCUT2D eigenvalue weighted by molar-refractivity contribution is 0.650. The second kappa shape index (κ2) is 6.45. The van der Waals surface area contributed by atoms with Crippen LogP contribution in [0.25, 0.3) is 22.6 Å². The van der Waals surface area contributed by atoms with E-state index in [2.05, 4.69) is 36.5 Å². The topological polar surface area (TPSA) is 135 Å². The Labute approximate surface area is 148 Å². The zero-order chi connectivity index (χ0) is 17.9. The van der Waals surface area contributed by atoms with E-state index in [1.54, 1.807) is 47.5 Å². The van der Waals surface area contributed by atoms with Crippen LogP contribution in [0.3, 0.4) is 0 Å². The van der Waals surface area contributed by atoms with Gasteiger partial charge in [0.15, 0.2) is 0 Å². The van der Waals surface area contributed by atoms with Gasteiger partial charge in [0, 0.05) is 17.3 Å². The maximum absolute atomic E-state index is 9.07. The lowest BCUT2D eigenvalue weighted by atomic mass is 10.1.